The third kappa shape index (κ3) is 11.5. The molecule has 0 spiro atoms. The smallest absolute Gasteiger partial charge is 0.351 e. The summed E-state index contributed by atoms with van der Waals surface area (Å²) in [6.45, 7) is 11.1. The van der Waals surface area contributed by atoms with Gasteiger partial charge in [0.2, 0.25) is 0 Å². The second kappa shape index (κ2) is 21.9. The normalized spacial score (nSPS) is 17.2. The highest BCUT2D eigenvalue weighted by molar-refractivity contribution is 7.44. The van der Waals surface area contributed by atoms with E-state index in [9.17, 15) is 14.9 Å². The van der Waals surface area contributed by atoms with Gasteiger partial charge >= 0.3 is 11.7 Å². The number of unbranched alkanes of at least 4 members (excludes halogenated alkanes) is 1. The largest absolute Gasteiger partial charge is 0.497 e. The first-order chi connectivity index (χ1) is 28.5. The first-order valence-electron chi connectivity index (χ1n) is 20.1. The maximum atomic E-state index is 13.6. The molecule has 5 rings (SSSR count). The van der Waals surface area contributed by atoms with Crippen LogP contribution in [0, 0.1) is 11.3 Å². The predicted octanol–water partition coefficient (Wildman–Crippen LogP) is 8.14. The number of carbonyl (C=O) groups is 1. The van der Waals surface area contributed by atoms with Crippen molar-refractivity contribution in [1.29, 1.82) is 5.26 Å². The number of carbonyl (C=O) groups excluding carboxylic acids is 1. The Morgan fingerprint density at radius 3 is 2.12 bits per heavy atom. The molecule has 4 aromatic rings. The third-order valence-corrected chi connectivity index (χ3v) is 12.1. The molecule has 1 saturated heterocycles. The summed E-state index contributed by atoms with van der Waals surface area (Å²) in [5.41, 5.74) is 0.812. The summed E-state index contributed by atoms with van der Waals surface area (Å²) in [6.07, 6.45) is 1.66. The average molecular weight is 829 g/mol. The van der Waals surface area contributed by atoms with Crippen molar-refractivity contribution in [2.24, 2.45) is 0 Å². The molecular formula is C44H57N6O8P. The second-order valence-corrected chi connectivity index (χ2v) is 16.0. The molecule has 14 nitrogen and oxygen atoms in total. The van der Waals surface area contributed by atoms with Crippen LogP contribution in [-0.4, -0.2) is 78.5 Å². The lowest BCUT2D eigenvalue weighted by Gasteiger charge is -2.39. The van der Waals surface area contributed by atoms with Crippen molar-refractivity contribution < 1.29 is 32.8 Å². The van der Waals surface area contributed by atoms with Crippen LogP contribution >= 0.6 is 8.53 Å². The molecule has 4 atom stereocenters. The van der Waals surface area contributed by atoms with Crippen molar-refractivity contribution in [3.05, 3.63) is 118 Å². The first kappa shape index (κ1) is 45.2. The lowest BCUT2D eigenvalue weighted by atomic mass is 9.80. The number of anilines is 1. The van der Waals surface area contributed by atoms with Gasteiger partial charge in [-0.25, -0.2) is 14.3 Å². The van der Waals surface area contributed by atoms with Gasteiger partial charge in [-0.3, -0.25) is 9.88 Å². The molecule has 2 heterocycles. The number of nitriles is 1. The highest BCUT2D eigenvalue weighted by Gasteiger charge is 2.45. The zero-order valence-electron chi connectivity index (χ0n) is 35.0. The number of amides is 2. The molecule has 1 aromatic heterocycles. The van der Waals surface area contributed by atoms with E-state index >= 15 is 0 Å². The minimum atomic E-state index is -1.69. The number of nitrogens with zero attached hydrogens (tertiary/aromatic N) is 4. The van der Waals surface area contributed by atoms with Crippen molar-refractivity contribution in [1.82, 2.24) is 19.5 Å². The van der Waals surface area contributed by atoms with Gasteiger partial charge in [-0.1, -0.05) is 67.9 Å². The minimum absolute atomic E-state index is 0.0264. The van der Waals surface area contributed by atoms with Crippen LogP contribution in [-0.2, 0) is 24.1 Å². The van der Waals surface area contributed by atoms with E-state index < -0.39 is 44.3 Å². The van der Waals surface area contributed by atoms with Crippen LogP contribution in [0.5, 0.6) is 11.5 Å². The summed E-state index contributed by atoms with van der Waals surface area (Å²) in [7, 11) is 1.56. The van der Waals surface area contributed by atoms with Crippen molar-refractivity contribution in [3.8, 4) is 17.6 Å². The first-order valence-corrected chi connectivity index (χ1v) is 21.2. The Balaban J connectivity index is 1.55. The highest BCUT2D eigenvalue weighted by atomic mass is 31.2. The molecule has 15 heteroatoms. The fourth-order valence-electron chi connectivity index (χ4n) is 7.06. The summed E-state index contributed by atoms with van der Waals surface area (Å²) in [5, 5.41) is 14.8. The van der Waals surface area contributed by atoms with Gasteiger partial charge in [-0.15, -0.1) is 0 Å². The predicted molar refractivity (Wildman–Crippen MR) is 227 cm³/mol. The molecule has 316 valence electrons. The summed E-state index contributed by atoms with van der Waals surface area (Å²) < 4.78 is 41.9. The maximum Gasteiger partial charge on any atom is 0.351 e. The zero-order chi connectivity index (χ0) is 42.4. The Kier molecular flexibility index (Phi) is 16.8. The topological polar surface area (TPSA) is 158 Å². The number of ether oxygens (including phenoxy) is 4. The molecule has 2 amide bonds. The zero-order valence-corrected chi connectivity index (χ0v) is 35.9. The molecule has 0 aliphatic carbocycles. The Bertz CT molecular complexity index is 1950. The molecule has 1 fully saturated rings. The molecular weight excluding hydrogens is 771 g/mol. The lowest BCUT2D eigenvalue weighted by molar-refractivity contribution is -0.0925. The number of aromatic nitrogens is 2. The van der Waals surface area contributed by atoms with E-state index in [0.717, 1.165) is 29.5 Å². The van der Waals surface area contributed by atoms with E-state index in [1.54, 1.807) is 26.5 Å². The molecule has 0 saturated carbocycles. The average Bonchev–Trinajstić information content (AvgIpc) is 3.63. The van der Waals surface area contributed by atoms with E-state index in [2.05, 4.69) is 54.1 Å². The Morgan fingerprint density at radius 2 is 1.58 bits per heavy atom. The maximum absolute atomic E-state index is 13.6. The summed E-state index contributed by atoms with van der Waals surface area (Å²) in [6, 6.07) is 28.9. The quantitative estimate of drug-likeness (QED) is 0.0475. The van der Waals surface area contributed by atoms with Crippen LogP contribution in [0.2, 0.25) is 0 Å². The number of urea groups is 1. The highest BCUT2D eigenvalue weighted by Crippen LogP contribution is 2.50. The Labute approximate surface area is 348 Å². The van der Waals surface area contributed by atoms with Crippen molar-refractivity contribution in [2.75, 3.05) is 39.3 Å². The van der Waals surface area contributed by atoms with Crippen LogP contribution in [0.4, 0.5) is 10.6 Å². The fourth-order valence-corrected chi connectivity index (χ4v) is 8.82. The molecule has 2 N–H and O–H groups in total. The lowest BCUT2D eigenvalue weighted by Crippen LogP contribution is -2.39. The monoisotopic (exact) mass is 828 g/mol. The van der Waals surface area contributed by atoms with E-state index in [1.807, 2.05) is 85.8 Å². The van der Waals surface area contributed by atoms with Gasteiger partial charge < -0.3 is 33.3 Å². The minimum Gasteiger partial charge on any atom is -0.497 e. The van der Waals surface area contributed by atoms with Crippen molar-refractivity contribution >= 4 is 20.4 Å². The van der Waals surface area contributed by atoms with E-state index in [-0.39, 0.29) is 44.0 Å². The van der Waals surface area contributed by atoms with Crippen LogP contribution < -0.4 is 25.8 Å². The molecule has 0 radical (unpaired) electrons. The van der Waals surface area contributed by atoms with Crippen LogP contribution in [0.25, 0.3) is 0 Å². The fraction of sp³-hybridized carbons (Fsp3) is 0.455. The summed E-state index contributed by atoms with van der Waals surface area (Å²) in [5.74, 6) is 1.52. The van der Waals surface area contributed by atoms with Gasteiger partial charge in [-0.2, -0.15) is 10.2 Å². The molecule has 1 unspecified atom stereocenters. The Hall–Kier alpha value is -4.87. The van der Waals surface area contributed by atoms with Gasteiger partial charge in [-0.05, 0) is 81.1 Å². The molecule has 1 aliphatic heterocycles. The van der Waals surface area contributed by atoms with Crippen molar-refractivity contribution in [3.63, 3.8) is 0 Å². The standard InChI is InChI=1S/C44H57N6O8P/c1-8-9-26-46-42(51)47-40-24-27-49(43(52)48-40)41-29-38(58-59(56-28-13-25-45)50(31(2)3)32(4)5)39(57-41)30-55-44(33-14-11-10-12-15-33,34-16-20-36(53-6)21-17-34)35-18-22-37(54-7)23-19-35/h10-12,14-24,27,31-32,38-39,41H,8-9,13,26,28-30H2,1-7H3,(H2,46,47,48,51,52)/t38-,39+,41+,59?/m0/s1. The van der Waals surface area contributed by atoms with Gasteiger partial charge in [0.05, 0.1) is 46.0 Å². The van der Waals surface area contributed by atoms with Crippen molar-refractivity contribution in [2.45, 2.75) is 96.4 Å². The Morgan fingerprint density at radius 1 is 0.966 bits per heavy atom. The summed E-state index contributed by atoms with van der Waals surface area (Å²) >= 11 is 0. The van der Waals surface area contributed by atoms with Crippen LogP contribution in [0.15, 0.2) is 95.9 Å². The van der Waals surface area contributed by atoms with Gasteiger partial charge in [0.25, 0.3) is 8.53 Å². The second-order valence-electron chi connectivity index (χ2n) is 14.6. The van der Waals surface area contributed by atoms with Gasteiger partial charge in [0, 0.05) is 31.2 Å². The summed E-state index contributed by atoms with van der Waals surface area (Å²) in [4.78, 5) is 30.2. The number of benzene rings is 3. The van der Waals surface area contributed by atoms with E-state index in [4.69, 9.17) is 28.0 Å². The molecule has 1 aliphatic rings. The van der Waals surface area contributed by atoms with E-state index in [0.29, 0.717) is 18.0 Å². The third-order valence-electron chi connectivity index (χ3n) is 9.90. The molecule has 59 heavy (non-hydrogen) atoms. The molecule has 0 bridgehead atoms. The number of hydrogen-bond donors (Lipinski definition) is 2. The van der Waals surface area contributed by atoms with Crippen LogP contribution in [0.1, 0.15) is 83.2 Å². The number of nitrogens with one attached hydrogen (secondary N) is 2. The SMILES string of the molecule is CCCCNC(=O)Nc1ccn([C@H]2C[C@H](OP(OCCC#N)N(C(C)C)C(C)C)[C@@H](COC(c3ccccc3)(c3ccc(OC)cc3)c3ccc(OC)cc3)O2)c(=O)n1. The van der Waals surface area contributed by atoms with Crippen LogP contribution in [0.3, 0.4) is 0 Å². The molecule has 3 aromatic carbocycles. The number of hydrogen-bond acceptors (Lipinski definition) is 11. The number of methoxy groups -OCH3 is 2. The van der Waals surface area contributed by atoms with E-state index in [1.165, 1.54) is 4.57 Å². The number of rotatable bonds is 21. The van der Waals surface area contributed by atoms with Gasteiger partial charge in [0.15, 0.2) is 0 Å². The van der Waals surface area contributed by atoms with Gasteiger partial charge in [0.1, 0.15) is 35.2 Å².